The molecular weight excluding hydrogens is 959 g/mol. The molecule has 0 aliphatic rings. The maximum absolute atomic E-state index is 10.7. The minimum Gasteiger partial charge on any atom is -0.0622 e. The number of ether oxygens (including phenoxy) is 1. The zero-order chi connectivity index (χ0) is 47.6. The number of phenols is 1. The molecule has 0 bridgehead atoms. The average Bonchev–Trinajstić information content (AvgIpc) is 3.37. The molecule has 0 amide bonds. The largest absolute Gasteiger partial charge is 0.0622 e. The first kappa shape index (κ1) is 52.6. The van der Waals surface area contributed by atoms with E-state index in [4.69, 9.17) is 11.3 Å². The van der Waals surface area contributed by atoms with E-state index in [1.807, 2.05) is 69.3 Å². The van der Waals surface area contributed by atoms with Gasteiger partial charge in [0.05, 0.1) is 13.4 Å². The molecule has 8 aromatic carbocycles. The molecule has 5 nitrogen and oxygen atoms in total. The molecule has 8 rings (SSSR count). The van der Waals surface area contributed by atoms with Crippen LogP contribution in [0.1, 0.15) is 37.5 Å². The summed E-state index contributed by atoms with van der Waals surface area (Å²) in [6.45, 7) is 14.0. The molecule has 0 atom stereocenters. The van der Waals surface area contributed by atoms with Gasteiger partial charge >= 0.3 is 27.0 Å². The summed E-state index contributed by atoms with van der Waals surface area (Å²) >= 11 is 1.82. The van der Waals surface area contributed by atoms with Gasteiger partial charge in [-0.2, -0.15) is 6.07 Å². The Morgan fingerprint density at radius 3 is 1.15 bits per heavy atom. The number of nitrogens with one attached hydrogen (secondary N) is 1. The van der Waals surface area contributed by atoms with Crippen molar-refractivity contribution in [2.45, 2.75) is 33.2 Å². The van der Waals surface area contributed by atoms with Crippen LogP contribution in [-0.2, 0) is 22.1 Å². The average molecular weight is 1010 g/mol. The van der Waals surface area contributed by atoms with Crippen LogP contribution in [0.2, 0.25) is 0 Å². The number of hydrogen-bond donors (Lipinski definition) is 2. The van der Waals surface area contributed by atoms with Crippen molar-refractivity contribution in [1.29, 1.82) is 0 Å². The van der Waals surface area contributed by atoms with Crippen LogP contribution in [0.25, 0.3) is 4.85 Å². The van der Waals surface area contributed by atoms with Crippen LogP contribution in [0.3, 0.4) is 0 Å². The molecule has 335 valence electrons. The summed E-state index contributed by atoms with van der Waals surface area (Å²) in [6.07, 6.45) is 3.37. The number of nitrogens with zero attached hydrogens (tertiary/aromatic N) is 1. The summed E-state index contributed by atoms with van der Waals surface area (Å²) in [5, 5.41) is 18.3. The molecule has 0 aromatic heterocycles. The van der Waals surface area contributed by atoms with Crippen molar-refractivity contribution in [3.05, 3.63) is 246 Å². The van der Waals surface area contributed by atoms with Gasteiger partial charge in [-0.3, -0.25) is 0 Å². The van der Waals surface area contributed by atoms with Crippen LogP contribution >= 0.6 is 25.5 Å². The Bertz CT molecular complexity index is 2360. The Morgan fingerprint density at radius 2 is 0.894 bits per heavy atom. The van der Waals surface area contributed by atoms with Crippen LogP contribution < -0.4 is 41.6 Å². The van der Waals surface area contributed by atoms with Gasteiger partial charge in [-0.05, 0) is 59.8 Å². The maximum atomic E-state index is 10.7. The molecule has 0 saturated heterocycles. The minimum absolute atomic E-state index is 0.0772. The number of rotatable bonds is 10. The summed E-state index contributed by atoms with van der Waals surface area (Å²) in [5.74, 6) is 0.693. The molecule has 0 spiro atoms. The summed E-state index contributed by atoms with van der Waals surface area (Å²) < 4.78 is 5.08. The number of halogens is 1. The van der Waals surface area contributed by atoms with E-state index in [0.29, 0.717) is 5.56 Å². The van der Waals surface area contributed by atoms with Crippen molar-refractivity contribution in [1.82, 2.24) is 0 Å². The van der Waals surface area contributed by atoms with Gasteiger partial charge in [0.15, 0.2) is 6.21 Å². The zero-order valence-corrected chi connectivity index (χ0v) is 42.0. The van der Waals surface area contributed by atoms with E-state index in [-0.39, 0.29) is 16.9 Å². The Morgan fingerprint density at radius 1 is 0.591 bits per heavy atom. The first-order valence-corrected chi connectivity index (χ1v) is 25.9. The Hall–Kier alpha value is -6.04. The first-order chi connectivity index (χ1) is 32.1. The number of aromatic hydroxyl groups is 1. The van der Waals surface area contributed by atoms with Crippen molar-refractivity contribution in [2.24, 2.45) is 0 Å². The Labute approximate surface area is 408 Å². The fraction of sp³-hybridized carbons (Fsp3) is 0.105. The van der Waals surface area contributed by atoms with E-state index in [2.05, 4.69) is 202 Å². The van der Waals surface area contributed by atoms with Gasteiger partial charge in [0.25, 0.3) is 0 Å². The molecule has 0 aliphatic carbocycles. The smallest absolute Gasteiger partial charge is 0.0134 e. The molecule has 0 aliphatic heterocycles. The van der Waals surface area contributed by atoms with Gasteiger partial charge in [0.1, 0.15) is 5.75 Å². The third kappa shape index (κ3) is 17.4. The Kier molecular flexibility index (Phi) is 22.9. The molecular formula is C57H54ClN2O3P2Ru. The van der Waals surface area contributed by atoms with Crippen molar-refractivity contribution in [3.8, 4) is 11.5 Å². The molecule has 0 fully saturated rings. The van der Waals surface area contributed by atoms with Crippen LogP contribution in [0, 0.1) is 13.5 Å². The zero-order valence-electron chi connectivity index (χ0n) is 37.7. The van der Waals surface area contributed by atoms with Gasteiger partial charge in [-0.15, -0.1) is 11.1 Å². The quantitative estimate of drug-likeness (QED) is 0.0621. The monoisotopic (exact) mass is 1010 g/mol. The van der Waals surface area contributed by atoms with E-state index in [1.54, 1.807) is 31.7 Å². The topological polar surface area (TPSA) is 64.9 Å². The third-order valence-electron chi connectivity index (χ3n) is 9.30. The molecule has 8 aromatic rings. The van der Waals surface area contributed by atoms with Crippen molar-refractivity contribution in [2.75, 3.05) is 7.11 Å². The van der Waals surface area contributed by atoms with Crippen molar-refractivity contribution < 1.29 is 36.9 Å². The fourth-order valence-corrected chi connectivity index (χ4v) is 10.8. The molecule has 0 saturated carbocycles. The second-order valence-corrected chi connectivity index (χ2v) is 19.8. The predicted molar refractivity (Wildman–Crippen MR) is 279 cm³/mol. The van der Waals surface area contributed by atoms with Crippen molar-refractivity contribution in [3.63, 3.8) is 0 Å². The van der Waals surface area contributed by atoms with E-state index >= 15 is 0 Å². The first-order valence-electron chi connectivity index (χ1n) is 21.0. The van der Waals surface area contributed by atoms with Crippen LogP contribution in [-0.4, -0.2) is 30.3 Å². The van der Waals surface area contributed by atoms with E-state index < -0.39 is 15.8 Å². The number of carbonyl (C=O) groups excluding carboxylic acids is 1. The Balaban J connectivity index is 0.000000200. The molecule has 66 heavy (non-hydrogen) atoms. The summed E-state index contributed by atoms with van der Waals surface area (Å²) in [7, 11) is 5.28. The van der Waals surface area contributed by atoms with Gasteiger partial charge in [0, 0.05) is 44.2 Å². The number of hydrogen-bond acceptors (Lipinski definition) is 3. The molecule has 0 radical (unpaired) electrons. The van der Waals surface area contributed by atoms with Crippen molar-refractivity contribution >= 4 is 75.5 Å². The second-order valence-electron chi connectivity index (χ2n) is 15.3. The number of phenolic OH excluding ortho intramolecular Hbond substituents is 1. The number of methoxy groups -OCH3 is 1. The van der Waals surface area contributed by atoms with Gasteiger partial charge < -0.3 is 19.5 Å². The standard InChI is InChI=1S/2C18H15P.C16H14NO3.C5H9N.ClH.Ru/c2*1-4-10-16(11-5-1)19(17-12-6-2-7-13-17)18-14-8-3-9-15-18;1-11-7-12(16(19)13(8-11)10-18)9-17-14-3-5-15(20-2)6-4-14;1-5(2,3)6-4;;/h2*1-15H;3-9,19H,1-2H3;1-3H3;1H;/q;;-1;;;+1. The fourth-order valence-electron chi connectivity index (χ4n) is 6.20. The predicted octanol–water partition coefficient (Wildman–Crippen LogP) is 10.3. The molecule has 0 heterocycles. The molecule has 0 unspecified atom stereocenters. The van der Waals surface area contributed by atoms with Crippen LogP contribution in [0.4, 0.5) is 5.69 Å². The van der Waals surface area contributed by atoms with E-state index in [1.165, 1.54) is 31.8 Å². The summed E-state index contributed by atoms with van der Waals surface area (Å²) in [4.78, 5) is 17.1. The van der Waals surface area contributed by atoms with Crippen LogP contribution in [0.5, 0.6) is 11.5 Å². The van der Waals surface area contributed by atoms with Gasteiger partial charge in [-0.25, -0.2) is 11.6 Å². The SMILES string of the molecule is COc1ccc([NH+]=Cc2cc(C)cc([C-]=O)c2O)cc1.[C-]#[N+]C(C)(C)C.[Cl][Ru].c1ccc(P(c2ccccc2)c2ccccc2)cc1.c1ccc(P(c2ccccc2)c2ccccc2)cc1. The van der Waals surface area contributed by atoms with Gasteiger partial charge in [-0.1, -0.05) is 195 Å². The molecule has 2 N–H and O–H groups in total. The second kappa shape index (κ2) is 28.8. The van der Waals surface area contributed by atoms with Gasteiger partial charge in [0.2, 0.25) is 11.2 Å². The number of benzene rings is 8. The number of aryl methyl sites for hydroxylation is 1. The van der Waals surface area contributed by atoms with E-state index in [9.17, 15) is 9.90 Å². The normalized spacial score (nSPS) is 10.4. The minimum atomic E-state index is -0.446. The third-order valence-corrected chi connectivity index (χ3v) is 14.2. The molecule has 9 heteroatoms. The summed E-state index contributed by atoms with van der Waals surface area (Å²) in [5.41, 5.74) is 2.26. The van der Waals surface area contributed by atoms with E-state index in [0.717, 1.165) is 17.0 Å². The maximum Gasteiger partial charge on any atom is -0.0134 e. The van der Waals surface area contributed by atoms with Crippen LogP contribution in [0.15, 0.2) is 218 Å². The summed E-state index contributed by atoms with van der Waals surface area (Å²) in [6, 6.07) is 75.4.